The fraction of sp³-hybridized carbons (Fsp3) is 0.532. The molecule has 49 heavy (non-hydrogen) atoms. The van der Waals surface area contributed by atoms with E-state index < -0.39 is 0 Å². The Bertz CT molecular complexity index is 1590. The lowest BCUT2D eigenvalue weighted by molar-refractivity contribution is 0.283. The van der Waals surface area contributed by atoms with Crippen LogP contribution in [-0.2, 0) is 16.2 Å². The van der Waals surface area contributed by atoms with Gasteiger partial charge in [0.25, 0.3) is 0 Å². The van der Waals surface area contributed by atoms with Crippen molar-refractivity contribution in [2.45, 2.75) is 145 Å². The molecule has 1 atom stereocenters. The average Bonchev–Trinajstić information content (AvgIpc) is 3.37. The normalized spacial score (nSPS) is 16.7. The number of nitrogens with zero attached hydrogens (tertiary/aromatic N) is 1. The molecule has 266 valence electrons. The Kier molecular flexibility index (Phi) is 10.9. The lowest BCUT2D eigenvalue weighted by Gasteiger charge is -2.34. The molecule has 0 aromatic heterocycles. The number of hydrogen-bond donors (Lipinski definition) is 1. The van der Waals surface area contributed by atoms with Gasteiger partial charge in [-0.05, 0) is 104 Å². The molecule has 0 saturated carbocycles. The molecule has 0 aliphatic carbocycles. The van der Waals surface area contributed by atoms with Crippen molar-refractivity contribution >= 4 is 11.8 Å². The molecule has 4 rings (SSSR count). The third-order valence-corrected chi connectivity index (χ3v) is 9.89. The van der Waals surface area contributed by atoms with Gasteiger partial charge in [-0.25, -0.2) is 0 Å². The predicted octanol–water partition coefficient (Wildman–Crippen LogP) is 13.5. The zero-order valence-corrected chi connectivity index (χ0v) is 33.8. The van der Waals surface area contributed by atoms with Crippen LogP contribution in [0.4, 0.5) is 5.69 Å². The van der Waals surface area contributed by atoms with E-state index in [1.807, 2.05) is 0 Å². The van der Waals surface area contributed by atoms with Crippen molar-refractivity contribution in [3.63, 3.8) is 0 Å². The zero-order valence-electron chi connectivity index (χ0n) is 33.8. The summed E-state index contributed by atoms with van der Waals surface area (Å²) in [6.45, 7) is 35.2. The number of benzene rings is 3. The molecule has 1 unspecified atom stereocenters. The van der Waals surface area contributed by atoms with Crippen LogP contribution in [-0.4, -0.2) is 0 Å². The second kappa shape index (κ2) is 13.8. The number of allylic oxidation sites excluding steroid dienone is 1. The molecule has 3 aromatic carbocycles. The first-order valence-corrected chi connectivity index (χ1v) is 18.6. The van der Waals surface area contributed by atoms with Gasteiger partial charge in [0, 0.05) is 0 Å². The molecule has 1 aliphatic rings. The molecular weight excluding hydrogens is 593 g/mol. The quantitative estimate of drug-likeness (QED) is 0.233. The van der Waals surface area contributed by atoms with Crippen molar-refractivity contribution in [3.05, 3.63) is 118 Å². The third kappa shape index (κ3) is 10.6. The predicted molar refractivity (Wildman–Crippen MR) is 216 cm³/mol. The highest BCUT2D eigenvalue weighted by molar-refractivity contribution is 5.59. The van der Waals surface area contributed by atoms with Crippen LogP contribution in [0.5, 0.6) is 0 Å². The topological polar surface area (TPSA) is 15.3 Å². The molecule has 2 nitrogen and oxygen atoms in total. The van der Waals surface area contributed by atoms with Gasteiger partial charge in [0.05, 0.1) is 17.4 Å². The molecule has 0 saturated heterocycles. The fourth-order valence-corrected chi connectivity index (χ4v) is 8.77. The largest absolute Gasteiger partial charge is 0.298 e. The highest BCUT2D eigenvalue weighted by Crippen LogP contribution is 2.41. The maximum Gasteiger partial charge on any atom is 0.0958 e. The first-order valence-electron chi connectivity index (χ1n) is 18.6. The van der Waals surface area contributed by atoms with Crippen LogP contribution in [0.3, 0.4) is 0 Å². The summed E-state index contributed by atoms with van der Waals surface area (Å²) < 4.78 is 0. The first-order chi connectivity index (χ1) is 22.3. The summed E-state index contributed by atoms with van der Waals surface area (Å²) in [7, 11) is 0. The smallest absolute Gasteiger partial charge is 0.0958 e. The third-order valence-electron chi connectivity index (χ3n) is 9.89. The maximum absolute atomic E-state index is 3.77. The van der Waals surface area contributed by atoms with Gasteiger partial charge < -0.3 is 0 Å². The minimum absolute atomic E-state index is 0.0773. The van der Waals surface area contributed by atoms with E-state index in [2.05, 4.69) is 205 Å². The van der Waals surface area contributed by atoms with E-state index in [-0.39, 0.29) is 38.5 Å². The summed E-state index contributed by atoms with van der Waals surface area (Å²) in [5, 5.41) is 2.33. The molecule has 0 amide bonds. The molecule has 1 heterocycles. The van der Waals surface area contributed by atoms with E-state index in [1.54, 1.807) is 0 Å². The van der Waals surface area contributed by atoms with Gasteiger partial charge in [-0.2, -0.15) is 0 Å². The van der Waals surface area contributed by atoms with Crippen LogP contribution in [0.15, 0.2) is 90.6 Å². The molecule has 0 bridgehead atoms. The fourth-order valence-electron chi connectivity index (χ4n) is 8.77. The van der Waals surface area contributed by atoms with Crippen LogP contribution >= 0.6 is 0 Å². The van der Waals surface area contributed by atoms with Crippen molar-refractivity contribution in [3.8, 4) is 0 Å². The molecule has 0 spiro atoms. The van der Waals surface area contributed by atoms with Crippen molar-refractivity contribution in [1.82, 2.24) is 5.43 Å². The van der Waals surface area contributed by atoms with Gasteiger partial charge in [-0.15, -0.1) is 0 Å². The number of rotatable bonds is 10. The molecule has 0 fully saturated rings. The summed E-state index contributed by atoms with van der Waals surface area (Å²) in [5.41, 5.74) is 13.9. The molecule has 1 aliphatic heterocycles. The Balaban J connectivity index is 1.63. The lowest BCUT2D eigenvalue weighted by Crippen LogP contribution is -2.34. The Labute approximate surface area is 301 Å². The summed E-state index contributed by atoms with van der Waals surface area (Å²) in [4.78, 5) is 0. The number of hydrazine groups is 1. The van der Waals surface area contributed by atoms with E-state index in [0.29, 0.717) is 0 Å². The summed E-state index contributed by atoms with van der Waals surface area (Å²) in [6.07, 6.45) is 10.2. The Morgan fingerprint density at radius 1 is 0.490 bits per heavy atom. The first kappa shape index (κ1) is 38.5. The second-order valence-corrected chi connectivity index (χ2v) is 20.5. The Morgan fingerprint density at radius 3 is 1.24 bits per heavy atom. The highest BCUT2D eigenvalue weighted by atomic mass is 15.5. The molecule has 0 radical (unpaired) electrons. The van der Waals surface area contributed by atoms with Crippen LogP contribution in [0.2, 0.25) is 0 Å². The van der Waals surface area contributed by atoms with Crippen LogP contribution < -0.4 is 10.4 Å². The maximum atomic E-state index is 3.77. The summed E-state index contributed by atoms with van der Waals surface area (Å²) in [5.74, 6) is 0. The van der Waals surface area contributed by atoms with Gasteiger partial charge in [0.15, 0.2) is 0 Å². The number of nitrogens with one attached hydrogen (secondary N) is 1. The van der Waals surface area contributed by atoms with E-state index in [1.165, 1.54) is 33.5 Å². The van der Waals surface area contributed by atoms with Gasteiger partial charge in [0.2, 0.25) is 0 Å². The molecule has 3 aromatic rings. The van der Waals surface area contributed by atoms with Crippen molar-refractivity contribution in [2.75, 3.05) is 5.01 Å². The Hall–Kier alpha value is -3.26. The second-order valence-electron chi connectivity index (χ2n) is 20.5. The Morgan fingerprint density at radius 2 is 0.857 bits per heavy atom. The summed E-state index contributed by atoms with van der Waals surface area (Å²) in [6, 6.07) is 27.8. The molecule has 1 N–H and O–H groups in total. The monoisotopic (exact) mass is 661 g/mol. The average molecular weight is 661 g/mol. The molecular formula is C47H68N2. The van der Waals surface area contributed by atoms with E-state index in [0.717, 1.165) is 25.0 Å². The number of anilines is 1. The minimum atomic E-state index is 0.0773. The minimum Gasteiger partial charge on any atom is -0.298 e. The van der Waals surface area contributed by atoms with Crippen molar-refractivity contribution in [1.29, 1.82) is 0 Å². The van der Waals surface area contributed by atoms with E-state index in [9.17, 15) is 0 Å². The molecule has 2 heteroatoms. The van der Waals surface area contributed by atoms with Crippen LogP contribution in [0.1, 0.15) is 157 Å². The van der Waals surface area contributed by atoms with Crippen LogP contribution in [0.25, 0.3) is 6.08 Å². The van der Waals surface area contributed by atoms with Gasteiger partial charge in [-0.3, -0.25) is 10.4 Å². The van der Waals surface area contributed by atoms with Gasteiger partial charge >= 0.3 is 0 Å². The SMILES string of the molecule is CC(C)(C)CC(C)(C)c1ccc(C=CC2=CC(c3ccc(C(C)(C)CC(C)(C)C)cc3)N(c3ccc(C(C)(C)CC(C)(C)C)cc3)N2)cc1. The van der Waals surface area contributed by atoms with Crippen molar-refractivity contribution < 1.29 is 0 Å². The lowest BCUT2D eigenvalue weighted by atomic mass is 9.72. The van der Waals surface area contributed by atoms with Crippen LogP contribution in [0, 0.1) is 16.2 Å². The summed E-state index contributed by atoms with van der Waals surface area (Å²) >= 11 is 0. The highest BCUT2D eigenvalue weighted by Gasteiger charge is 2.31. The van der Waals surface area contributed by atoms with Gasteiger partial charge in [-0.1, -0.05) is 171 Å². The van der Waals surface area contributed by atoms with E-state index >= 15 is 0 Å². The van der Waals surface area contributed by atoms with E-state index in [4.69, 9.17) is 0 Å². The standard InChI is InChI=1S/C47H68N2/c1-42(2,3)31-45(10,11)36-21-16-34(17-22-36)18-27-39-30-41(35-19-23-37(24-20-35)46(12,13)32-43(4,5)6)49(48-39)40-28-25-38(26-29-40)47(14,15)33-44(7,8)9/h16-30,41,48H,31-33H2,1-15H3. The number of hydrogen-bond acceptors (Lipinski definition) is 2. The van der Waals surface area contributed by atoms with Gasteiger partial charge in [0.1, 0.15) is 0 Å². The van der Waals surface area contributed by atoms with Crippen molar-refractivity contribution in [2.24, 2.45) is 16.2 Å². The zero-order chi connectivity index (χ0) is 36.6.